The maximum atomic E-state index is 10.5. The Labute approximate surface area is 86.7 Å². The summed E-state index contributed by atoms with van der Waals surface area (Å²) in [5, 5.41) is 8.59. The van der Waals surface area contributed by atoms with Crippen molar-refractivity contribution in [3.8, 4) is 0 Å². The molecule has 0 saturated carbocycles. The van der Waals surface area contributed by atoms with E-state index in [2.05, 4.69) is 4.98 Å². The highest BCUT2D eigenvalue weighted by atomic mass is 16.7. The van der Waals surface area contributed by atoms with Crippen molar-refractivity contribution in [2.45, 2.75) is 18.8 Å². The maximum Gasteiger partial charge on any atom is 0.306 e. The van der Waals surface area contributed by atoms with Crippen LogP contribution >= 0.6 is 0 Å². The number of ether oxygens (including phenoxy) is 2. The Kier molecular flexibility index (Phi) is 2.94. The number of aliphatic carboxylic acids is 1. The summed E-state index contributed by atoms with van der Waals surface area (Å²) < 4.78 is 10.8. The summed E-state index contributed by atoms with van der Waals surface area (Å²) in [7, 11) is 0. The van der Waals surface area contributed by atoms with Crippen molar-refractivity contribution in [2.75, 3.05) is 6.61 Å². The molecule has 5 heteroatoms. The van der Waals surface area contributed by atoms with E-state index in [0.29, 0.717) is 6.61 Å². The van der Waals surface area contributed by atoms with Crippen LogP contribution in [0.25, 0.3) is 0 Å². The van der Waals surface area contributed by atoms with Gasteiger partial charge in [0.05, 0.1) is 19.1 Å². The molecule has 1 fully saturated rings. The molecule has 1 saturated heterocycles. The van der Waals surface area contributed by atoms with Gasteiger partial charge in [-0.1, -0.05) is 0 Å². The van der Waals surface area contributed by atoms with Crippen molar-refractivity contribution < 1.29 is 19.4 Å². The smallest absolute Gasteiger partial charge is 0.306 e. The quantitative estimate of drug-likeness (QED) is 0.803. The van der Waals surface area contributed by atoms with Crippen LogP contribution in [0.4, 0.5) is 0 Å². The first-order chi connectivity index (χ1) is 7.25. The van der Waals surface area contributed by atoms with Gasteiger partial charge in [0.2, 0.25) is 0 Å². The third-order valence-corrected chi connectivity index (χ3v) is 2.13. The van der Waals surface area contributed by atoms with Crippen LogP contribution in [0.2, 0.25) is 0 Å². The van der Waals surface area contributed by atoms with Crippen molar-refractivity contribution in [3.63, 3.8) is 0 Å². The van der Waals surface area contributed by atoms with E-state index in [1.54, 1.807) is 24.5 Å². The summed E-state index contributed by atoms with van der Waals surface area (Å²) in [6, 6.07) is 3.57. The fraction of sp³-hybridized carbons (Fsp3) is 0.400. The lowest BCUT2D eigenvalue weighted by Gasteiger charge is -2.09. The van der Waals surface area contributed by atoms with Crippen LogP contribution in [0.5, 0.6) is 0 Å². The molecule has 2 rings (SSSR count). The Morgan fingerprint density at radius 3 is 2.93 bits per heavy atom. The van der Waals surface area contributed by atoms with Gasteiger partial charge in [-0.15, -0.1) is 0 Å². The third kappa shape index (κ3) is 2.51. The summed E-state index contributed by atoms with van der Waals surface area (Å²) in [4.78, 5) is 14.3. The Hall–Kier alpha value is -1.46. The minimum absolute atomic E-state index is 0.0262. The zero-order valence-corrected chi connectivity index (χ0v) is 8.00. The molecule has 2 atom stereocenters. The Balaban J connectivity index is 1.96. The normalized spacial score (nSPS) is 25.3. The molecule has 1 aliphatic heterocycles. The average molecular weight is 209 g/mol. The lowest BCUT2D eigenvalue weighted by atomic mass is 10.2. The SMILES string of the molecule is O=C(O)CC1COC(c2ccncc2)O1. The van der Waals surface area contributed by atoms with Crippen molar-refractivity contribution in [3.05, 3.63) is 30.1 Å². The summed E-state index contributed by atoms with van der Waals surface area (Å²) in [6.45, 7) is 0.319. The van der Waals surface area contributed by atoms with E-state index < -0.39 is 12.3 Å². The molecule has 0 spiro atoms. The molecule has 5 nitrogen and oxygen atoms in total. The molecule has 2 unspecified atom stereocenters. The van der Waals surface area contributed by atoms with Crippen LogP contribution in [0.15, 0.2) is 24.5 Å². The molecule has 1 aromatic rings. The van der Waals surface area contributed by atoms with Gasteiger partial charge in [-0.3, -0.25) is 9.78 Å². The van der Waals surface area contributed by atoms with Crippen molar-refractivity contribution in [2.24, 2.45) is 0 Å². The average Bonchev–Trinajstić information content (AvgIpc) is 2.67. The second-order valence-electron chi connectivity index (χ2n) is 3.30. The van der Waals surface area contributed by atoms with Crippen molar-refractivity contribution >= 4 is 5.97 Å². The number of carboxylic acids is 1. The first kappa shape index (κ1) is 10.1. The Bertz CT molecular complexity index is 341. The number of hydrogen-bond acceptors (Lipinski definition) is 4. The van der Waals surface area contributed by atoms with Gasteiger partial charge in [0.15, 0.2) is 6.29 Å². The molecule has 15 heavy (non-hydrogen) atoms. The molecule has 80 valence electrons. The molecular weight excluding hydrogens is 198 g/mol. The molecular formula is C10H11NO4. The number of carbonyl (C=O) groups is 1. The summed E-state index contributed by atoms with van der Waals surface area (Å²) in [5.41, 5.74) is 0.859. The largest absolute Gasteiger partial charge is 0.481 e. The van der Waals surface area contributed by atoms with Crippen molar-refractivity contribution in [1.82, 2.24) is 4.98 Å². The molecule has 0 aromatic carbocycles. The molecule has 0 radical (unpaired) electrons. The second kappa shape index (κ2) is 4.37. The molecule has 0 bridgehead atoms. The van der Waals surface area contributed by atoms with Gasteiger partial charge >= 0.3 is 5.97 Å². The minimum Gasteiger partial charge on any atom is -0.481 e. The summed E-state index contributed by atoms with van der Waals surface area (Å²) in [5.74, 6) is -0.876. The molecule has 2 heterocycles. The number of nitrogens with zero attached hydrogens (tertiary/aromatic N) is 1. The number of pyridine rings is 1. The first-order valence-corrected chi connectivity index (χ1v) is 4.64. The fourth-order valence-corrected chi connectivity index (χ4v) is 1.45. The number of aromatic nitrogens is 1. The van der Waals surface area contributed by atoms with E-state index in [4.69, 9.17) is 14.6 Å². The third-order valence-electron chi connectivity index (χ3n) is 2.13. The predicted octanol–water partition coefficient (Wildman–Crippen LogP) is 0.970. The number of hydrogen-bond donors (Lipinski definition) is 1. The zero-order chi connectivity index (χ0) is 10.7. The minimum atomic E-state index is -0.876. The summed E-state index contributed by atoms with van der Waals surface area (Å²) in [6.07, 6.45) is 2.44. The van der Waals surface area contributed by atoms with Gasteiger partial charge < -0.3 is 14.6 Å². The van der Waals surface area contributed by atoms with E-state index in [0.717, 1.165) is 5.56 Å². The molecule has 0 aliphatic carbocycles. The van der Waals surface area contributed by atoms with Crippen LogP contribution in [0.3, 0.4) is 0 Å². The van der Waals surface area contributed by atoms with E-state index in [1.807, 2.05) is 0 Å². The lowest BCUT2D eigenvalue weighted by molar-refractivity contribution is -0.140. The Morgan fingerprint density at radius 1 is 1.53 bits per heavy atom. The maximum absolute atomic E-state index is 10.5. The van der Waals surface area contributed by atoms with E-state index in [1.165, 1.54) is 0 Å². The van der Waals surface area contributed by atoms with Crippen LogP contribution in [-0.2, 0) is 14.3 Å². The van der Waals surface area contributed by atoms with Gasteiger partial charge in [0.25, 0.3) is 0 Å². The lowest BCUT2D eigenvalue weighted by Crippen LogP contribution is -2.15. The molecule has 1 aromatic heterocycles. The van der Waals surface area contributed by atoms with Crippen LogP contribution in [-0.4, -0.2) is 28.8 Å². The van der Waals surface area contributed by atoms with E-state index in [9.17, 15) is 4.79 Å². The number of rotatable bonds is 3. The van der Waals surface area contributed by atoms with Gasteiger partial charge in [0.1, 0.15) is 0 Å². The highest BCUT2D eigenvalue weighted by Gasteiger charge is 2.28. The molecule has 0 amide bonds. The first-order valence-electron chi connectivity index (χ1n) is 4.64. The van der Waals surface area contributed by atoms with Crippen LogP contribution in [0, 0.1) is 0 Å². The van der Waals surface area contributed by atoms with Crippen LogP contribution < -0.4 is 0 Å². The highest BCUT2D eigenvalue weighted by Crippen LogP contribution is 2.27. The number of carboxylic acid groups (broad SMARTS) is 1. The zero-order valence-electron chi connectivity index (χ0n) is 8.00. The van der Waals surface area contributed by atoms with Gasteiger partial charge in [-0.25, -0.2) is 0 Å². The topological polar surface area (TPSA) is 68.7 Å². The van der Waals surface area contributed by atoms with Crippen LogP contribution in [0.1, 0.15) is 18.3 Å². The van der Waals surface area contributed by atoms with Gasteiger partial charge in [0, 0.05) is 18.0 Å². The standard InChI is InChI=1S/C10H11NO4/c12-9(13)5-8-6-14-10(15-8)7-1-3-11-4-2-7/h1-4,8,10H,5-6H2,(H,12,13). The fourth-order valence-electron chi connectivity index (χ4n) is 1.45. The van der Waals surface area contributed by atoms with Gasteiger partial charge in [-0.2, -0.15) is 0 Å². The van der Waals surface area contributed by atoms with Gasteiger partial charge in [-0.05, 0) is 12.1 Å². The highest BCUT2D eigenvalue weighted by molar-refractivity contribution is 5.67. The Morgan fingerprint density at radius 2 is 2.27 bits per heavy atom. The monoisotopic (exact) mass is 209 g/mol. The molecule has 1 aliphatic rings. The second-order valence-corrected chi connectivity index (χ2v) is 3.30. The van der Waals surface area contributed by atoms with Crippen molar-refractivity contribution in [1.29, 1.82) is 0 Å². The summed E-state index contributed by atoms with van der Waals surface area (Å²) >= 11 is 0. The van der Waals surface area contributed by atoms with E-state index >= 15 is 0 Å². The molecule has 1 N–H and O–H groups in total. The predicted molar refractivity (Wildman–Crippen MR) is 50.1 cm³/mol. The van der Waals surface area contributed by atoms with E-state index in [-0.39, 0.29) is 12.5 Å².